The van der Waals surface area contributed by atoms with Gasteiger partial charge in [0.05, 0.1) is 31.1 Å². The number of Topliss-reactive ketones (excluding diaryl/α,β-unsaturated/α-hetero) is 1. The van der Waals surface area contributed by atoms with Crippen molar-refractivity contribution in [1.29, 1.82) is 0 Å². The van der Waals surface area contributed by atoms with Crippen molar-refractivity contribution in [1.82, 2.24) is 0 Å². The number of anilines is 1. The van der Waals surface area contributed by atoms with Crippen LogP contribution in [0, 0.1) is 0 Å². The number of esters is 1. The monoisotopic (exact) mass is 943 g/mol. The van der Waals surface area contributed by atoms with Gasteiger partial charge in [0.25, 0.3) is 0 Å². The number of carbonyl (C=O) groups excluding carboxylic acids is 3. The van der Waals surface area contributed by atoms with Crippen molar-refractivity contribution in [3.8, 4) is 34.5 Å². The minimum absolute atomic E-state index is 0.0819. The predicted molar refractivity (Wildman–Crippen MR) is 264 cm³/mol. The van der Waals surface area contributed by atoms with E-state index in [1.165, 1.54) is 31.4 Å². The number of benzene rings is 7. The number of nitrogens with one attached hydrogen (secondary N) is 1. The molecule has 11 nitrogen and oxygen atoms in total. The summed E-state index contributed by atoms with van der Waals surface area (Å²) in [5, 5.41) is 2.96. The van der Waals surface area contributed by atoms with E-state index in [1.54, 1.807) is 44.6 Å². The smallest absolute Gasteiger partial charge is 0.305 e. The van der Waals surface area contributed by atoms with Crippen LogP contribution in [0.5, 0.6) is 34.5 Å². The highest BCUT2D eigenvalue weighted by atomic mass is 32.2. The van der Waals surface area contributed by atoms with Gasteiger partial charge in [-0.1, -0.05) is 68.4 Å². The molecule has 1 aliphatic carbocycles. The Morgan fingerprint density at radius 1 is 0.522 bits per heavy atom. The number of amides is 1. The molecule has 7 aromatic carbocycles. The Morgan fingerprint density at radius 3 is 1.28 bits per heavy atom. The molecule has 2 unspecified atom stereocenters. The van der Waals surface area contributed by atoms with E-state index in [2.05, 4.69) is 19.2 Å². The molecule has 0 radical (unpaired) electrons. The Morgan fingerprint density at radius 2 is 0.899 bits per heavy atom. The molecule has 352 valence electrons. The van der Waals surface area contributed by atoms with Crippen molar-refractivity contribution in [2.45, 2.75) is 66.6 Å². The summed E-state index contributed by atoms with van der Waals surface area (Å²) in [6.45, 7) is 4.18. The van der Waals surface area contributed by atoms with Crippen LogP contribution in [0.25, 0.3) is 0 Å². The fourth-order valence-electron chi connectivity index (χ4n) is 8.66. The van der Waals surface area contributed by atoms with Crippen LogP contribution in [-0.4, -0.2) is 47.4 Å². The molecule has 0 aromatic heterocycles. The molecule has 0 aliphatic heterocycles. The SMILES string of the molecule is COC(=O)CCC(C)(c1ccc(OC)cc1)c1ccc(Oc2ccc(S(=O)(=O)c3ccc(Oc4ccc(C(C)(CCC(=O)Nc5ccc6c(c5)C(=O)C6)c5ccc(OC)cc5)cc4)cc3)cc2)cc1. The van der Waals surface area contributed by atoms with Crippen LogP contribution in [0.2, 0.25) is 0 Å². The zero-order chi connectivity index (χ0) is 48.8. The average molecular weight is 944 g/mol. The van der Waals surface area contributed by atoms with E-state index < -0.39 is 20.7 Å². The Labute approximate surface area is 402 Å². The van der Waals surface area contributed by atoms with Crippen LogP contribution in [0.1, 0.15) is 77.7 Å². The molecule has 0 saturated heterocycles. The van der Waals surface area contributed by atoms with Crippen LogP contribution < -0.4 is 24.3 Å². The Hall–Kier alpha value is -7.70. The van der Waals surface area contributed by atoms with Gasteiger partial charge in [-0.05, 0) is 150 Å². The van der Waals surface area contributed by atoms with Crippen molar-refractivity contribution in [3.05, 3.63) is 197 Å². The third-order valence-electron chi connectivity index (χ3n) is 13.1. The van der Waals surface area contributed by atoms with Crippen LogP contribution >= 0.6 is 0 Å². The molecule has 7 aromatic rings. The molecule has 1 N–H and O–H groups in total. The molecule has 12 heteroatoms. The molecular weight excluding hydrogens is 891 g/mol. The van der Waals surface area contributed by atoms with Gasteiger partial charge < -0.3 is 29.0 Å². The number of ether oxygens (including phenoxy) is 5. The first-order chi connectivity index (χ1) is 33.2. The third-order valence-corrected chi connectivity index (χ3v) is 14.9. The van der Waals surface area contributed by atoms with Gasteiger partial charge in [-0.2, -0.15) is 0 Å². The summed E-state index contributed by atoms with van der Waals surface area (Å²) in [5.74, 6) is 3.13. The van der Waals surface area contributed by atoms with Gasteiger partial charge in [0, 0.05) is 41.3 Å². The standard InChI is InChI=1S/C57H53NO10S/c1-56(39-7-16-44(64-3)17-8-39,34-32-54(60)58-43-15-6-38-36-53(59)52(38)37-43)41-11-20-46(21-12-41)67-48-24-28-50(29-25-48)69(62,63)51-30-26-49(27-31-51)68-47-22-13-42(14-23-47)57(2,35-33-55(61)66-5)40-9-18-45(65-4)19-10-40/h6-31,37H,32-36H2,1-5H3,(H,58,60). The summed E-state index contributed by atoms with van der Waals surface area (Å²) in [7, 11) is 0.746. The van der Waals surface area contributed by atoms with Gasteiger partial charge >= 0.3 is 5.97 Å². The number of rotatable bonds is 19. The number of methoxy groups -OCH3 is 3. The lowest BCUT2D eigenvalue weighted by molar-refractivity contribution is -0.141. The fourth-order valence-corrected chi connectivity index (χ4v) is 9.92. The van der Waals surface area contributed by atoms with E-state index in [-0.39, 0.29) is 40.3 Å². The number of ketones is 1. The number of sulfone groups is 1. The maximum absolute atomic E-state index is 13.7. The fraction of sp³-hybridized carbons (Fsp3) is 0.211. The molecule has 0 fully saturated rings. The lowest BCUT2D eigenvalue weighted by Crippen LogP contribution is -2.26. The summed E-state index contributed by atoms with van der Waals surface area (Å²) < 4.78 is 55.4. The van der Waals surface area contributed by atoms with Crippen molar-refractivity contribution >= 4 is 33.2 Å². The van der Waals surface area contributed by atoms with Gasteiger partial charge in [-0.25, -0.2) is 8.42 Å². The maximum Gasteiger partial charge on any atom is 0.305 e. The molecule has 0 spiro atoms. The molecule has 0 saturated carbocycles. The first-order valence-corrected chi connectivity index (χ1v) is 24.0. The Balaban J connectivity index is 0.906. The van der Waals surface area contributed by atoms with Gasteiger partial charge in [-0.3, -0.25) is 14.4 Å². The molecular formula is C57H53NO10S. The largest absolute Gasteiger partial charge is 0.497 e. The van der Waals surface area contributed by atoms with Crippen LogP contribution in [0.15, 0.2) is 174 Å². The zero-order valence-electron chi connectivity index (χ0n) is 39.1. The van der Waals surface area contributed by atoms with Gasteiger partial charge in [0.15, 0.2) is 5.78 Å². The second kappa shape index (κ2) is 20.3. The summed E-state index contributed by atoms with van der Waals surface area (Å²) >= 11 is 0. The molecule has 1 amide bonds. The maximum atomic E-state index is 13.7. The number of hydrogen-bond donors (Lipinski definition) is 1. The lowest BCUT2D eigenvalue weighted by atomic mass is 9.73. The quantitative estimate of drug-likeness (QED) is 0.0778. The van der Waals surface area contributed by atoms with E-state index in [1.807, 2.05) is 109 Å². The van der Waals surface area contributed by atoms with Crippen LogP contribution in [0.3, 0.4) is 0 Å². The zero-order valence-corrected chi connectivity index (χ0v) is 39.9. The second-order valence-corrected chi connectivity index (χ2v) is 19.4. The molecule has 0 heterocycles. The highest BCUT2D eigenvalue weighted by Gasteiger charge is 2.32. The van der Waals surface area contributed by atoms with Crippen LogP contribution in [-0.2, 0) is 41.4 Å². The Kier molecular flexibility index (Phi) is 14.0. The van der Waals surface area contributed by atoms with E-state index in [0.717, 1.165) is 39.3 Å². The van der Waals surface area contributed by atoms with Crippen LogP contribution in [0.4, 0.5) is 5.69 Å². The van der Waals surface area contributed by atoms with Crippen molar-refractivity contribution in [2.24, 2.45) is 0 Å². The summed E-state index contributed by atoms with van der Waals surface area (Å²) in [4.78, 5) is 37.6. The van der Waals surface area contributed by atoms with Gasteiger partial charge in [0.1, 0.15) is 34.5 Å². The number of fused-ring (bicyclic) bond motifs is 1. The summed E-state index contributed by atoms with van der Waals surface area (Å²) in [6, 6.07) is 48.8. The molecule has 1 aliphatic rings. The highest BCUT2D eigenvalue weighted by Crippen LogP contribution is 2.41. The lowest BCUT2D eigenvalue weighted by Gasteiger charge is -2.31. The minimum Gasteiger partial charge on any atom is -0.497 e. The first kappa shape index (κ1) is 47.8. The second-order valence-electron chi connectivity index (χ2n) is 17.4. The highest BCUT2D eigenvalue weighted by molar-refractivity contribution is 7.91. The van der Waals surface area contributed by atoms with Crippen molar-refractivity contribution < 1.29 is 46.5 Å². The molecule has 2 atom stereocenters. The minimum atomic E-state index is -3.87. The first-order valence-electron chi connectivity index (χ1n) is 22.5. The normalized spacial score (nSPS) is 13.7. The third kappa shape index (κ3) is 10.6. The van der Waals surface area contributed by atoms with Crippen molar-refractivity contribution in [3.63, 3.8) is 0 Å². The van der Waals surface area contributed by atoms with E-state index in [9.17, 15) is 22.8 Å². The van der Waals surface area contributed by atoms with E-state index in [4.69, 9.17) is 23.7 Å². The number of carbonyl (C=O) groups is 3. The molecule has 0 bridgehead atoms. The summed E-state index contributed by atoms with van der Waals surface area (Å²) in [6.07, 6.45) is 1.91. The molecule has 69 heavy (non-hydrogen) atoms. The predicted octanol–water partition coefficient (Wildman–Crippen LogP) is 11.8. The number of hydrogen-bond acceptors (Lipinski definition) is 10. The summed E-state index contributed by atoms with van der Waals surface area (Å²) in [5.41, 5.74) is 5.15. The average Bonchev–Trinajstić information content (AvgIpc) is 3.38. The topological polar surface area (TPSA) is 144 Å². The van der Waals surface area contributed by atoms with E-state index >= 15 is 0 Å². The van der Waals surface area contributed by atoms with Gasteiger partial charge in [0.2, 0.25) is 15.7 Å². The van der Waals surface area contributed by atoms with Gasteiger partial charge in [-0.15, -0.1) is 0 Å². The Bertz CT molecular complexity index is 3060. The van der Waals surface area contributed by atoms with E-state index in [0.29, 0.717) is 53.5 Å². The van der Waals surface area contributed by atoms with Crippen molar-refractivity contribution in [2.75, 3.05) is 26.6 Å². The molecule has 8 rings (SSSR count).